The van der Waals surface area contributed by atoms with Crippen molar-refractivity contribution in [1.29, 1.82) is 0 Å². The number of aromatic amines is 2. The molecule has 256 valence electrons. The molecular weight excluding hydrogens is 620 g/mol. The Hall–Kier alpha value is -4.92. The lowest BCUT2D eigenvalue weighted by Crippen LogP contribution is -2.37. The van der Waals surface area contributed by atoms with Crippen LogP contribution in [-0.4, -0.2) is 96.2 Å². The van der Waals surface area contributed by atoms with Crippen LogP contribution in [0.4, 0.5) is 11.9 Å². The van der Waals surface area contributed by atoms with Crippen molar-refractivity contribution in [1.82, 2.24) is 39.0 Å². The minimum Gasteiger partial charge on any atom is -0.462 e. The quantitative estimate of drug-likeness (QED) is 0.0426. The van der Waals surface area contributed by atoms with Gasteiger partial charge in [-0.1, -0.05) is 27.7 Å². The summed E-state index contributed by atoms with van der Waals surface area (Å²) in [4.78, 5) is 71.0. The van der Waals surface area contributed by atoms with Gasteiger partial charge in [0.05, 0.1) is 32.5 Å². The number of esters is 2. The molecule has 4 rings (SSSR count). The van der Waals surface area contributed by atoms with E-state index in [4.69, 9.17) is 30.4 Å². The molecule has 4 aromatic heterocycles. The van der Waals surface area contributed by atoms with E-state index in [9.17, 15) is 19.2 Å². The molecule has 0 unspecified atom stereocenters. The average molecular weight is 661 g/mol. The molecule has 0 fully saturated rings. The molecule has 47 heavy (non-hydrogen) atoms. The molecular formula is C27H40N12O8. The first-order chi connectivity index (χ1) is 22.5. The van der Waals surface area contributed by atoms with Crippen LogP contribution in [0.2, 0.25) is 0 Å². The summed E-state index contributed by atoms with van der Waals surface area (Å²) in [6, 6.07) is -1.42. The molecule has 0 saturated heterocycles. The number of anilines is 2. The molecule has 0 bridgehead atoms. The Morgan fingerprint density at radius 1 is 0.745 bits per heavy atom. The lowest BCUT2D eigenvalue weighted by Gasteiger charge is -2.14. The van der Waals surface area contributed by atoms with Gasteiger partial charge in [-0.3, -0.25) is 38.3 Å². The molecule has 0 aliphatic carbocycles. The Kier molecular flexibility index (Phi) is 11.9. The van der Waals surface area contributed by atoms with Crippen LogP contribution in [0.15, 0.2) is 22.2 Å². The number of H-pyrrole nitrogens is 2. The molecule has 0 aliphatic rings. The molecule has 0 radical (unpaired) electrons. The van der Waals surface area contributed by atoms with Crippen LogP contribution in [0.25, 0.3) is 22.3 Å². The number of aromatic nitrogens is 8. The molecule has 8 N–H and O–H groups in total. The molecule has 0 spiro atoms. The number of imidazole rings is 2. The lowest BCUT2D eigenvalue weighted by molar-refractivity contribution is -0.149. The third-order valence-corrected chi connectivity index (χ3v) is 6.85. The number of nitrogens with zero attached hydrogens (tertiary/aromatic N) is 6. The summed E-state index contributed by atoms with van der Waals surface area (Å²) < 4.78 is 24.4. The number of carbonyl (C=O) groups excluding carboxylic acids is 2. The van der Waals surface area contributed by atoms with Gasteiger partial charge in [0.1, 0.15) is 38.8 Å². The van der Waals surface area contributed by atoms with Crippen molar-refractivity contribution >= 4 is 46.2 Å². The van der Waals surface area contributed by atoms with Gasteiger partial charge in [-0.15, -0.1) is 0 Å². The van der Waals surface area contributed by atoms with Gasteiger partial charge in [-0.05, 0) is 11.8 Å². The fourth-order valence-corrected chi connectivity index (χ4v) is 3.94. The number of carbonyl (C=O) groups is 2. The number of ether oxygens (including phenoxy) is 4. The van der Waals surface area contributed by atoms with Gasteiger partial charge in [-0.25, -0.2) is 9.97 Å². The molecule has 0 amide bonds. The first-order valence-corrected chi connectivity index (χ1v) is 14.8. The van der Waals surface area contributed by atoms with Gasteiger partial charge in [0.15, 0.2) is 22.3 Å². The number of hydrogen-bond acceptors (Lipinski definition) is 16. The molecule has 4 aromatic rings. The Morgan fingerprint density at radius 3 is 1.53 bits per heavy atom. The SMILES string of the molecule is CC(C)[C@H](N)C(=O)OCCOCn1cnc2c(=O)[nH]c(NCNc3nc4c(ncn4COCCOC(=O)[C@H](N)C(C)C)c(=O)[nH]3)nc21. The number of rotatable bonds is 18. The number of nitrogens with two attached hydrogens (primary N) is 2. The van der Waals surface area contributed by atoms with Crippen LogP contribution in [-0.2, 0) is 42.0 Å². The molecule has 0 saturated carbocycles. The van der Waals surface area contributed by atoms with E-state index < -0.39 is 35.1 Å². The predicted octanol–water partition coefficient (Wildman–Crippen LogP) is -0.965. The summed E-state index contributed by atoms with van der Waals surface area (Å²) in [6.45, 7) is 7.51. The van der Waals surface area contributed by atoms with E-state index in [1.165, 1.54) is 21.8 Å². The zero-order chi connectivity index (χ0) is 34.1. The van der Waals surface area contributed by atoms with Crippen LogP contribution in [0.5, 0.6) is 0 Å². The highest BCUT2D eigenvalue weighted by Gasteiger charge is 2.19. The number of hydrogen-bond donors (Lipinski definition) is 6. The van der Waals surface area contributed by atoms with Crippen molar-refractivity contribution in [3.8, 4) is 0 Å². The fourth-order valence-electron chi connectivity index (χ4n) is 3.94. The maximum absolute atomic E-state index is 12.6. The second-order valence-electron chi connectivity index (χ2n) is 11.1. The van der Waals surface area contributed by atoms with Gasteiger partial charge in [0.2, 0.25) is 11.9 Å². The van der Waals surface area contributed by atoms with E-state index in [-0.39, 0.29) is 92.6 Å². The van der Waals surface area contributed by atoms with Crippen LogP contribution in [0.3, 0.4) is 0 Å². The Balaban J connectivity index is 1.29. The third-order valence-electron chi connectivity index (χ3n) is 6.85. The standard InChI is InChI=1S/C27H40N12O8/c1-14(2)16(28)24(42)46-7-5-44-12-38-10-32-18-20(38)34-26(36-22(18)40)30-9-31-27-35-21-19(23(41)37-27)33-11-39(21)13-45-6-8-47-25(43)17(29)15(3)4/h10-11,14-17H,5-9,12-13,28-29H2,1-4H3,(H2,30,34,36,40)(H2,31,35,37,41)/t16-,17+. The summed E-state index contributed by atoms with van der Waals surface area (Å²) in [6.07, 6.45) is 2.81. The van der Waals surface area contributed by atoms with Crippen LogP contribution >= 0.6 is 0 Å². The molecule has 0 aromatic carbocycles. The van der Waals surface area contributed by atoms with E-state index in [0.29, 0.717) is 0 Å². The van der Waals surface area contributed by atoms with Gasteiger partial charge in [-0.2, -0.15) is 9.97 Å². The van der Waals surface area contributed by atoms with E-state index in [0.717, 1.165) is 0 Å². The summed E-state index contributed by atoms with van der Waals surface area (Å²) in [5, 5.41) is 5.82. The Morgan fingerprint density at radius 2 is 1.15 bits per heavy atom. The van der Waals surface area contributed by atoms with Crippen molar-refractivity contribution in [2.45, 2.75) is 53.2 Å². The molecule has 20 nitrogen and oxygen atoms in total. The monoisotopic (exact) mass is 660 g/mol. The zero-order valence-electron chi connectivity index (χ0n) is 26.5. The van der Waals surface area contributed by atoms with Crippen LogP contribution in [0, 0.1) is 11.8 Å². The smallest absolute Gasteiger partial charge is 0.323 e. The van der Waals surface area contributed by atoms with Gasteiger partial charge < -0.3 is 41.0 Å². The topological polar surface area (TPSA) is 274 Å². The largest absolute Gasteiger partial charge is 0.462 e. The fraction of sp³-hybridized carbons (Fsp3) is 0.556. The predicted molar refractivity (Wildman–Crippen MR) is 168 cm³/mol. The minimum absolute atomic E-state index is 0.00154. The highest BCUT2D eigenvalue weighted by Crippen LogP contribution is 2.10. The molecule has 0 aliphatic heterocycles. The van der Waals surface area contributed by atoms with Crippen molar-refractivity contribution in [2.75, 3.05) is 43.7 Å². The molecule has 20 heteroatoms. The highest BCUT2D eigenvalue weighted by atomic mass is 16.6. The van der Waals surface area contributed by atoms with Crippen molar-refractivity contribution in [3.05, 3.63) is 33.4 Å². The van der Waals surface area contributed by atoms with E-state index in [2.05, 4.69) is 40.5 Å². The number of fused-ring (bicyclic) bond motifs is 2. The second-order valence-corrected chi connectivity index (χ2v) is 11.1. The summed E-state index contributed by atoms with van der Waals surface area (Å²) in [5.41, 5.74) is 11.3. The first-order valence-electron chi connectivity index (χ1n) is 14.8. The van der Waals surface area contributed by atoms with Crippen LogP contribution < -0.4 is 33.2 Å². The lowest BCUT2D eigenvalue weighted by atomic mass is 10.1. The molecule has 2 atom stereocenters. The summed E-state index contributed by atoms with van der Waals surface area (Å²) in [5.74, 6) is -0.880. The maximum Gasteiger partial charge on any atom is 0.323 e. The first kappa shape index (κ1) is 34.9. The van der Waals surface area contributed by atoms with E-state index >= 15 is 0 Å². The number of nitrogens with one attached hydrogen (secondary N) is 4. The van der Waals surface area contributed by atoms with Crippen molar-refractivity contribution < 1.29 is 28.5 Å². The van der Waals surface area contributed by atoms with Crippen LogP contribution in [0.1, 0.15) is 27.7 Å². The highest BCUT2D eigenvalue weighted by molar-refractivity contribution is 5.76. The van der Waals surface area contributed by atoms with Crippen molar-refractivity contribution in [3.63, 3.8) is 0 Å². The third kappa shape index (κ3) is 9.09. The van der Waals surface area contributed by atoms with Gasteiger partial charge in [0.25, 0.3) is 11.1 Å². The molecule has 4 heterocycles. The normalized spacial score (nSPS) is 12.9. The van der Waals surface area contributed by atoms with E-state index in [1.54, 1.807) is 0 Å². The van der Waals surface area contributed by atoms with E-state index in [1.807, 2.05) is 27.7 Å². The Bertz CT molecular complexity index is 1650. The zero-order valence-corrected chi connectivity index (χ0v) is 26.5. The van der Waals surface area contributed by atoms with Gasteiger partial charge in [0, 0.05) is 0 Å². The Labute approximate surface area is 267 Å². The van der Waals surface area contributed by atoms with Gasteiger partial charge >= 0.3 is 11.9 Å². The summed E-state index contributed by atoms with van der Waals surface area (Å²) >= 11 is 0. The minimum atomic E-state index is -0.711. The van der Waals surface area contributed by atoms with Crippen molar-refractivity contribution in [2.24, 2.45) is 23.3 Å². The second kappa shape index (κ2) is 16.1. The average Bonchev–Trinajstić information content (AvgIpc) is 3.64. The summed E-state index contributed by atoms with van der Waals surface area (Å²) in [7, 11) is 0. The maximum atomic E-state index is 12.6.